The maximum Gasteiger partial charge on any atom is 0.0991 e. The van der Waals surface area contributed by atoms with Crippen molar-refractivity contribution in [1.82, 2.24) is 0 Å². The van der Waals surface area contributed by atoms with Gasteiger partial charge in [-0.15, -0.1) is 0 Å². The van der Waals surface area contributed by atoms with Crippen LogP contribution in [0.3, 0.4) is 0 Å². The fourth-order valence-corrected chi connectivity index (χ4v) is 2.34. The number of nitriles is 1. The lowest BCUT2D eigenvalue weighted by Crippen LogP contribution is -2.07. The van der Waals surface area contributed by atoms with E-state index >= 15 is 0 Å². The van der Waals surface area contributed by atoms with E-state index in [0.717, 1.165) is 15.7 Å². The lowest BCUT2D eigenvalue weighted by atomic mass is 10.1. The van der Waals surface area contributed by atoms with Crippen molar-refractivity contribution in [3.8, 4) is 6.07 Å². The molecule has 0 aromatic heterocycles. The summed E-state index contributed by atoms with van der Waals surface area (Å²) in [6, 6.07) is 15.4. The number of benzene rings is 2. The monoisotopic (exact) mass is 334 g/mol. The Hall–Kier alpha value is -1.50. The molecule has 96 valence electrons. The standard InChI is InChI=1S/C15H12BrClN2/c1-10(12-4-2-3-11(7-12)9-18)19-15-8-13(16)5-6-14(15)17/h2-8,10,19H,1H3. The van der Waals surface area contributed by atoms with Crippen molar-refractivity contribution in [2.24, 2.45) is 0 Å². The minimum Gasteiger partial charge on any atom is -0.377 e. The van der Waals surface area contributed by atoms with E-state index in [9.17, 15) is 0 Å². The Bertz CT molecular complexity index is 634. The van der Waals surface area contributed by atoms with E-state index in [0.29, 0.717) is 10.6 Å². The minimum atomic E-state index is 0.0695. The van der Waals surface area contributed by atoms with E-state index in [2.05, 4.69) is 27.3 Å². The van der Waals surface area contributed by atoms with Crippen LogP contribution in [-0.4, -0.2) is 0 Å². The molecular weight excluding hydrogens is 324 g/mol. The summed E-state index contributed by atoms with van der Waals surface area (Å²) >= 11 is 9.57. The number of hydrogen-bond acceptors (Lipinski definition) is 2. The second kappa shape index (κ2) is 6.10. The number of nitrogens with one attached hydrogen (secondary N) is 1. The van der Waals surface area contributed by atoms with Crippen molar-refractivity contribution in [2.45, 2.75) is 13.0 Å². The van der Waals surface area contributed by atoms with Crippen molar-refractivity contribution >= 4 is 33.2 Å². The minimum absolute atomic E-state index is 0.0695. The van der Waals surface area contributed by atoms with Crippen LogP contribution in [0.15, 0.2) is 46.9 Å². The molecule has 0 radical (unpaired) electrons. The van der Waals surface area contributed by atoms with Gasteiger partial charge in [-0.05, 0) is 42.8 Å². The Morgan fingerprint density at radius 1 is 1.26 bits per heavy atom. The van der Waals surface area contributed by atoms with Crippen LogP contribution in [0.25, 0.3) is 0 Å². The zero-order valence-corrected chi connectivity index (χ0v) is 12.7. The predicted octanol–water partition coefficient (Wildman–Crippen LogP) is 5.15. The van der Waals surface area contributed by atoms with E-state index < -0.39 is 0 Å². The molecule has 0 amide bonds. The molecule has 2 nitrogen and oxygen atoms in total. The lowest BCUT2D eigenvalue weighted by molar-refractivity contribution is 0.884. The number of halogens is 2. The topological polar surface area (TPSA) is 35.8 Å². The summed E-state index contributed by atoms with van der Waals surface area (Å²) in [5.74, 6) is 0. The fraction of sp³-hybridized carbons (Fsp3) is 0.133. The van der Waals surface area contributed by atoms with Gasteiger partial charge >= 0.3 is 0 Å². The predicted molar refractivity (Wildman–Crippen MR) is 82.3 cm³/mol. The van der Waals surface area contributed by atoms with Crippen molar-refractivity contribution in [3.05, 3.63) is 63.1 Å². The van der Waals surface area contributed by atoms with Gasteiger partial charge in [0.1, 0.15) is 0 Å². The second-order valence-electron chi connectivity index (χ2n) is 4.23. The van der Waals surface area contributed by atoms with Crippen LogP contribution < -0.4 is 5.32 Å². The van der Waals surface area contributed by atoms with Gasteiger partial charge in [0.2, 0.25) is 0 Å². The highest BCUT2D eigenvalue weighted by molar-refractivity contribution is 9.10. The van der Waals surface area contributed by atoms with Gasteiger partial charge in [-0.1, -0.05) is 39.7 Å². The SMILES string of the molecule is CC(Nc1cc(Br)ccc1Cl)c1cccc(C#N)c1. The van der Waals surface area contributed by atoms with E-state index in [1.54, 1.807) is 6.07 Å². The molecule has 0 fully saturated rings. The molecule has 0 spiro atoms. The molecule has 2 aromatic carbocycles. The number of nitrogens with zero attached hydrogens (tertiary/aromatic N) is 1. The van der Waals surface area contributed by atoms with Crippen molar-refractivity contribution in [1.29, 1.82) is 5.26 Å². The molecule has 1 N–H and O–H groups in total. The third-order valence-corrected chi connectivity index (χ3v) is 3.64. The second-order valence-corrected chi connectivity index (χ2v) is 5.55. The van der Waals surface area contributed by atoms with Gasteiger partial charge in [-0.25, -0.2) is 0 Å². The Balaban J connectivity index is 2.23. The van der Waals surface area contributed by atoms with Gasteiger partial charge in [-0.3, -0.25) is 0 Å². The van der Waals surface area contributed by atoms with Gasteiger partial charge in [-0.2, -0.15) is 5.26 Å². The van der Waals surface area contributed by atoms with Gasteiger partial charge in [0.25, 0.3) is 0 Å². The maximum absolute atomic E-state index is 8.92. The molecule has 4 heteroatoms. The molecule has 0 saturated carbocycles. The Morgan fingerprint density at radius 3 is 2.79 bits per heavy atom. The molecule has 0 aliphatic heterocycles. The number of hydrogen-bond donors (Lipinski definition) is 1. The molecule has 1 unspecified atom stereocenters. The number of anilines is 1. The molecule has 0 heterocycles. The fourth-order valence-electron chi connectivity index (χ4n) is 1.80. The van der Waals surface area contributed by atoms with E-state index in [4.69, 9.17) is 16.9 Å². The van der Waals surface area contributed by atoms with Crippen molar-refractivity contribution in [2.75, 3.05) is 5.32 Å². The number of rotatable bonds is 3. The molecule has 2 aromatic rings. The van der Waals surface area contributed by atoms with E-state index in [1.165, 1.54) is 0 Å². The van der Waals surface area contributed by atoms with Crippen LogP contribution in [0, 0.1) is 11.3 Å². The highest BCUT2D eigenvalue weighted by atomic mass is 79.9. The largest absolute Gasteiger partial charge is 0.377 e. The highest BCUT2D eigenvalue weighted by Gasteiger charge is 2.08. The van der Waals surface area contributed by atoms with Crippen LogP contribution in [0.1, 0.15) is 24.1 Å². The molecule has 1 atom stereocenters. The summed E-state index contributed by atoms with van der Waals surface area (Å²) < 4.78 is 0.970. The summed E-state index contributed by atoms with van der Waals surface area (Å²) in [6.45, 7) is 2.04. The summed E-state index contributed by atoms with van der Waals surface area (Å²) in [7, 11) is 0. The Labute approximate surface area is 126 Å². The first kappa shape index (κ1) is 13.9. The van der Waals surface area contributed by atoms with Crippen LogP contribution in [0.2, 0.25) is 5.02 Å². The van der Waals surface area contributed by atoms with Crippen LogP contribution >= 0.6 is 27.5 Å². The first-order valence-corrected chi connectivity index (χ1v) is 6.99. The zero-order chi connectivity index (χ0) is 13.8. The summed E-state index contributed by atoms with van der Waals surface area (Å²) in [5, 5.41) is 12.9. The summed E-state index contributed by atoms with van der Waals surface area (Å²) in [5.41, 5.74) is 2.58. The van der Waals surface area contributed by atoms with Gasteiger partial charge in [0, 0.05) is 10.5 Å². The zero-order valence-electron chi connectivity index (χ0n) is 10.3. The quantitative estimate of drug-likeness (QED) is 0.842. The van der Waals surface area contributed by atoms with Crippen LogP contribution in [0.5, 0.6) is 0 Å². The first-order valence-electron chi connectivity index (χ1n) is 5.82. The molecule has 2 rings (SSSR count). The summed E-state index contributed by atoms with van der Waals surface area (Å²) in [4.78, 5) is 0. The van der Waals surface area contributed by atoms with E-state index in [-0.39, 0.29) is 6.04 Å². The molecule has 0 saturated heterocycles. The molecule has 0 bridgehead atoms. The first-order chi connectivity index (χ1) is 9.10. The Kier molecular flexibility index (Phi) is 4.47. The summed E-state index contributed by atoms with van der Waals surface area (Å²) in [6.07, 6.45) is 0. The van der Waals surface area contributed by atoms with Crippen molar-refractivity contribution < 1.29 is 0 Å². The lowest BCUT2D eigenvalue weighted by Gasteiger charge is -2.17. The maximum atomic E-state index is 8.92. The van der Waals surface area contributed by atoms with Crippen LogP contribution in [0.4, 0.5) is 5.69 Å². The van der Waals surface area contributed by atoms with E-state index in [1.807, 2.05) is 43.3 Å². The van der Waals surface area contributed by atoms with Crippen LogP contribution in [-0.2, 0) is 0 Å². The Morgan fingerprint density at radius 2 is 2.05 bits per heavy atom. The van der Waals surface area contributed by atoms with Gasteiger partial charge in [0.15, 0.2) is 0 Å². The third-order valence-electron chi connectivity index (χ3n) is 2.82. The molecule has 0 aliphatic rings. The molecule has 0 aliphatic carbocycles. The third kappa shape index (κ3) is 3.50. The normalized spacial score (nSPS) is 11.7. The molecular formula is C15H12BrClN2. The van der Waals surface area contributed by atoms with Gasteiger partial charge in [0.05, 0.1) is 22.3 Å². The molecule has 19 heavy (non-hydrogen) atoms. The smallest absolute Gasteiger partial charge is 0.0991 e. The van der Waals surface area contributed by atoms with Crippen molar-refractivity contribution in [3.63, 3.8) is 0 Å². The highest BCUT2D eigenvalue weighted by Crippen LogP contribution is 2.29. The van der Waals surface area contributed by atoms with Gasteiger partial charge < -0.3 is 5.32 Å². The average Bonchev–Trinajstić information content (AvgIpc) is 2.43. The average molecular weight is 336 g/mol.